The molecule has 0 aliphatic heterocycles. The van der Waals surface area contributed by atoms with Crippen LogP contribution in [0.4, 0.5) is 4.39 Å². The average molecular weight is 405 g/mol. The van der Waals surface area contributed by atoms with Gasteiger partial charge in [0.05, 0.1) is 6.54 Å². The molecule has 0 aliphatic rings. The standard InChI is InChI=1S/C23H24FN5O/c1-2-25-23(26-11-10-17-13-27-21-9-8-18(24)12-20(17)21)28-14-19-15-30-22(29-19)16-6-4-3-5-7-16/h3-9,12-13,15,27H,2,10-11,14H2,1H3,(H2,25,26,28). The minimum absolute atomic E-state index is 0.228. The van der Waals surface area contributed by atoms with Gasteiger partial charge in [-0.05, 0) is 49.2 Å². The van der Waals surface area contributed by atoms with E-state index in [0.717, 1.165) is 40.7 Å². The molecule has 2 aromatic heterocycles. The second-order valence-corrected chi connectivity index (χ2v) is 6.89. The van der Waals surface area contributed by atoms with E-state index in [0.29, 0.717) is 24.9 Å². The Balaban J connectivity index is 1.37. The molecule has 2 heterocycles. The number of guanidine groups is 1. The summed E-state index contributed by atoms with van der Waals surface area (Å²) < 4.78 is 19.1. The summed E-state index contributed by atoms with van der Waals surface area (Å²) in [5, 5.41) is 7.46. The SMILES string of the molecule is CCNC(=NCc1coc(-c2ccccc2)n1)NCCc1c[nH]c2ccc(F)cc12. The number of H-pyrrole nitrogens is 1. The summed E-state index contributed by atoms with van der Waals surface area (Å²) in [6.07, 6.45) is 4.31. The van der Waals surface area contributed by atoms with Crippen LogP contribution < -0.4 is 10.6 Å². The van der Waals surface area contributed by atoms with E-state index in [9.17, 15) is 4.39 Å². The monoisotopic (exact) mass is 405 g/mol. The van der Waals surface area contributed by atoms with Gasteiger partial charge in [-0.2, -0.15) is 0 Å². The van der Waals surface area contributed by atoms with Crippen molar-refractivity contribution >= 4 is 16.9 Å². The van der Waals surface area contributed by atoms with E-state index in [2.05, 4.69) is 25.6 Å². The predicted molar refractivity (Wildman–Crippen MR) is 117 cm³/mol. The maximum atomic E-state index is 13.5. The Kier molecular flexibility index (Phi) is 6.08. The fourth-order valence-corrected chi connectivity index (χ4v) is 3.27. The van der Waals surface area contributed by atoms with Crippen molar-refractivity contribution < 1.29 is 8.81 Å². The highest BCUT2D eigenvalue weighted by molar-refractivity contribution is 5.83. The normalized spacial score (nSPS) is 11.7. The fourth-order valence-electron chi connectivity index (χ4n) is 3.27. The van der Waals surface area contributed by atoms with Crippen LogP contribution in [0.2, 0.25) is 0 Å². The van der Waals surface area contributed by atoms with Gasteiger partial charge in [0.15, 0.2) is 5.96 Å². The number of fused-ring (bicyclic) bond motifs is 1. The molecule has 6 nitrogen and oxygen atoms in total. The lowest BCUT2D eigenvalue weighted by Crippen LogP contribution is -2.38. The summed E-state index contributed by atoms with van der Waals surface area (Å²) in [6.45, 7) is 3.84. The minimum atomic E-state index is -0.228. The lowest BCUT2D eigenvalue weighted by atomic mass is 10.1. The number of aliphatic imine (C=N–C) groups is 1. The van der Waals surface area contributed by atoms with Crippen LogP contribution in [0.25, 0.3) is 22.4 Å². The Hall–Kier alpha value is -3.61. The number of benzene rings is 2. The summed E-state index contributed by atoms with van der Waals surface area (Å²) in [5.74, 6) is 1.06. The van der Waals surface area contributed by atoms with Crippen LogP contribution >= 0.6 is 0 Å². The summed E-state index contributed by atoms with van der Waals surface area (Å²) in [4.78, 5) is 12.3. The van der Waals surface area contributed by atoms with Crippen LogP contribution in [0.5, 0.6) is 0 Å². The molecule has 0 saturated heterocycles. The van der Waals surface area contributed by atoms with Gasteiger partial charge in [0.25, 0.3) is 0 Å². The van der Waals surface area contributed by atoms with Crippen molar-refractivity contribution in [2.75, 3.05) is 13.1 Å². The molecule has 0 radical (unpaired) electrons. The Morgan fingerprint density at radius 3 is 2.87 bits per heavy atom. The van der Waals surface area contributed by atoms with Crippen LogP contribution in [0, 0.1) is 5.82 Å². The highest BCUT2D eigenvalue weighted by Gasteiger charge is 2.08. The van der Waals surface area contributed by atoms with Gasteiger partial charge < -0.3 is 20.0 Å². The lowest BCUT2D eigenvalue weighted by molar-refractivity contribution is 0.572. The number of hydrogen-bond donors (Lipinski definition) is 3. The van der Waals surface area contributed by atoms with Crippen molar-refractivity contribution in [1.82, 2.24) is 20.6 Å². The van der Waals surface area contributed by atoms with Crippen molar-refractivity contribution in [3.05, 3.63) is 78.1 Å². The molecule has 2 aromatic carbocycles. The second kappa shape index (κ2) is 9.26. The summed E-state index contributed by atoms with van der Waals surface area (Å²) in [7, 11) is 0. The molecule has 30 heavy (non-hydrogen) atoms. The molecule has 0 amide bonds. The third-order valence-corrected chi connectivity index (χ3v) is 4.73. The second-order valence-electron chi connectivity index (χ2n) is 6.89. The van der Waals surface area contributed by atoms with Crippen molar-refractivity contribution in [2.45, 2.75) is 19.9 Å². The first-order valence-corrected chi connectivity index (χ1v) is 10.0. The molecule has 0 unspecified atom stereocenters. The third kappa shape index (κ3) is 4.68. The Morgan fingerprint density at radius 1 is 1.17 bits per heavy atom. The van der Waals surface area contributed by atoms with E-state index >= 15 is 0 Å². The number of aromatic amines is 1. The zero-order chi connectivity index (χ0) is 20.8. The van der Waals surface area contributed by atoms with Gasteiger partial charge >= 0.3 is 0 Å². The molecule has 0 saturated carbocycles. The third-order valence-electron chi connectivity index (χ3n) is 4.73. The fraction of sp³-hybridized carbons (Fsp3) is 0.217. The first-order valence-electron chi connectivity index (χ1n) is 10.0. The smallest absolute Gasteiger partial charge is 0.226 e. The van der Waals surface area contributed by atoms with Gasteiger partial charge in [0, 0.05) is 35.8 Å². The molecule has 0 spiro atoms. The summed E-state index contributed by atoms with van der Waals surface area (Å²) >= 11 is 0. The van der Waals surface area contributed by atoms with Crippen molar-refractivity contribution in [3.8, 4) is 11.5 Å². The maximum Gasteiger partial charge on any atom is 0.226 e. The molecule has 7 heteroatoms. The molecule has 0 bridgehead atoms. The first kappa shape index (κ1) is 19.7. The molecule has 154 valence electrons. The molecule has 4 rings (SSSR count). The molecule has 3 N–H and O–H groups in total. The zero-order valence-corrected chi connectivity index (χ0v) is 16.8. The molecule has 0 aliphatic carbocycles. The molecular weight excluding hydrogens is 381 g/mol. The molecular formula is C23H24FN5O. The maximum absolute atomic E-state index is 13.5. The quantitative estimate of drug-likeness (QED) is 0.317. The number of nitrogens with one attached hydrogen (secondary N) is 3. The number of halogens is 1. The van der Waals surface area contributed by atoms with E-state index in [1.54, 1.807) is 18.4 Å². The van der Waals surface area contributed by atoms with Crippen molar-refractivity contribution in [2.24, 2.45) is 4.99 Å². The van der Waals surface area contributed by atoms with Gasteiger partial charge in [-0.25, -0.2) is 14.4 Å². The Bertz CT molecular complexity index is 1130. The highest BCUT2D eigenvalue weighted by Crippen LogP contribution is 2.20. The molecule has 0 fully saturated rings. The van der Waals surface area contributed by atoms with Crippen LogP contribution in [-0.4, -0.2) is 29.0 Å². The largest absolute Gasteiger partial charge is 0.444 e. The first-order chi connectivity index (χ1) is 14.7. The summed E-state index contributed by atoms with van der Waals surface area (Å²) in [6, 6.07) is 14.6. The number of aromatic nitrogens is 2. The van der Waals surface area contributed by atoms with Crippen LogP contribution in [0.3, 0.4) is 0 Å². The van der Waals surface area contributed by atoms with Gasteiger partial charge in [0.2, 0.25) is 5.89 Å². The Labute approximate surface area is 174 Å². The van der Waals surface area contributed by atoms with E-state index in [1.807, 2.05) is 43.5 Å². The summed E-state index contributed by atoms with van der Waals surface area (Å²) in [5.41, 5.74) is 3.70. The molecule has 4 aromatic rings. The van der Waals surface area contributed by atoms with Gasteiger partial charge in [0.1, 0.15) is 17.8 Å². The van der Waals surface area contributed by atoms with Crippen molar-refractivity contribution in [1.29, 1.82) is 0 Å². The Morgan fingerprint density at radius 2 is 2.03 bits per heavy atom. The number of hydrogen-bond acceptors (Lipinski definition) is 3. The molecule has 0 atom stereocenters. The predicted octanol–water partition coefficient (Wildman–Crippen LogP) is 4.26. The van der Waals surface area contributed by atoms with E-state index in [4.69, 9.17) is 4.42 Å². The van der Waals surface area contributed by atoms with Gasteiger partial charge in [-0.15, -0.1) is 0 Å². The average Bonchev–Trinajstić information content (AvgIpc) is 3.40. The van der Waals surface area contributed by atoms with Crippen LogP contribution in [-0.2, 0) is 13.0 Å². The highest BCUT2D eigenvalue weighted by atomic mass is 19.1. The number of nitrogens with zero attached hydrogens (tertiary/aromatic N) is 2. The number of oxazole rings is 1. The number of rotatable bonds is 7. The van der Waals surface area contributed by atoms with Crippen LogP contribution in [0.15, 0.2) is 70.4 Å². The lowest BCUT2D eigenvalue weighted by Gasteiger charge is -2.10. The van der Waals surface area contributed by atoms with Crippen molar-refractivity contribution in [3.63, 3.8) is 0 Å². The zero-order valence-electron chi connectivity index (χ0n) is 16.8. The van der Waals surface area contributed by atoms with Crippen LogP contribution in [0.1, 0.15) is 18.2 Å². The van der Waals surface area contributed by atoms with Gasteiger partial charge in [-0.3, -0.25) is 0 Å². The minimum Gasteiger partial charge on any atom is -0.444 e. The van der Waals surface area contributed by atoms with E-state index < -0.39 is 0 Å². The van der Waals surface area contributed by atoms with E-state index in [-0.39, 0.29) is 5.82 Å². The van der Waals surface area contributed by atoms with E-state index in [1.165, 1.54) is 6.07 Å². The topological polar surface area (TPSA) is 78.2 Å². The van der Waals surface area contributed by atoms with Gasteiger partial charge in [-0.1, -0.05) is 18.2 Å².